The Balaban J connectivity index is 2.53. The molecule has 0 aromatic heterocycles. The Morgan fingerprint density at radius 3 is 2.53 bits per heavy atom. The zero-order valence-corrected chi connectivity index (χ0v) is 12.6. The van der Waals surface area contributed by atoms with Crippen molar-refractivity contribution in [2.45, 2.75) is 25.9 Å². The minimum atomic E-state index is 0.241. The van der Waals surface area contributed by atoms with Crippen molar-refractivity contribution in [3.8, 4) is 0 Å². The van der Waals surface area contributed by atoms with Crippen LogP contribution in [0.25, 0.3) is 0 Å². The van der Waals surface area contributed by atoms with Gasteiger partial charge in [0.25, 0.3) is 0 Å². The summed E-state index contributed by atoms with van der Waals surface area (Å²) in [5.41, 5.74) is 1.27. The van der Waals surface area contributed by atoms with Crippen LogP contribution in [0.4, 0.5) is 0 Å². The Labute approximate surface area is 114 Å². The highest BCUT2D eigenvalue weighted by Crippen LogP contribution is 2.22. The minimum Gasteiger partial charge on any atom is -0.373 e. The van der Waals surface area contributed by atoms with Crippen LogP contribution in [0.3, 0.4) is 0 Å². The van der Waals surface area contributed by atoms with Gasteiger partial charge in [-0.2, -0.15) is 0 Å². The maximum atomic E-state index is 5.83. The topological polar surface area (TPSA) is 9.23 Å². The summed E-state index contributed by atoms with van der Waals surface area (Å²) in [6.07, 6.45) is 2.57. The highest BCUT2D eigenvalue weighted by atomic mass is 127. The van der Waals surface area contributed by atoms with E-state index in [1.807, 2.05) is 0 Å². The van der Waals surface area contributed by atoms with Gasteiger partial charge in [-0.1, -0.05) is 64.0 Å². The van der Waals surface area contributed by atoms with Crippen LogP contribution in [0.2, 0.25) is 0 Å². The van der Waals surface area contributed by atoms with E-state index in [0.29, 0.717) is 0 Å². The highest BCUT2D eigenvalue weighted by Gasteiger charge is 2.09. The molecule has 1 unspecified atom stereocenters. The van der Waals surface area contributed by atoms with Crippen LogP contribution in [0.1, 0.15) is 31.4 Å². The lowest BCUT2D eigenvalue weighted by Crippen LogP contribution is -2.06. The summed E-state index contributed by atoms with van der Waals surface area (Å²) in [5, 5.41) is 0. The summed E-state index contributed by atoms with van der Waals surface area (Å²) in [6, 6.07) is 8.38. The van der Waals surface area contributed by atoms with Crippen LogP contribution in [0.5, 0.6) is 0 Å². The largest absolute Gasteiger partial charge is 0.373 e. The molecule has 0 bridgehead atoms. The van der Waals surface area contributed by atoms with Crippen LogP contribution in [-0.2, 0) is 4.74 Å². The molecule has 0 N–H and O–H groups in total. The van der Waals surface area contributed by atoms with Gasteiger partial charge >= 0.3 is 0 Å². The number of ether oxygens (including phenoxy) is 1. The van der Waals surface area contributed by atoms with Crippen LogP contribution in [-0.4, -0.2) is 11.0 Å². The summed E-state index contributed by atoms with van der Waals surface area (Å²) in [4.78, 5) is 0. The molecule has 1 nitrogen and oxygen atoms in total. The molecule has 1 rings (SSSR count). The van der Waals surface area contributed by atoms with E-state index < -0.39 is 0 Å². The van der Waals surface area contributed by atoms with Gasteiger partial charge in [-0.25, -0.2) is 0 Å². The van der Waals surface area contributed by atoms with Gasteiger partial charge in [0.1, 0.15) is 0 Å². The maximum Gasteiger partial charge on any atom is 0.0914 e. The van der Waals surface area contributed by atoms with Crippen LogP contribution in [0.15, 0.2) is 28.7 Å². The number of alkyl halides is 1. The lowest BCUT2D eigenvalue weighted by atomic mass is 10.1. The average molecular weight is 383 g/mol. The SMILES string of the molecule is CCCCOC(CI)c1ccc(Br)cc1. The van der Waals surface area contributed by atoms with Crippen molar-refractivity contribution in [3.05, 3.63) is 34.3 Å². The summed E-state index contributed by atoms with van der Waals surface area (Å²) < 4.78 is 7.96. The number of rotatable bonds is 6. The zero-order valence-electron chi connectivity index (χ0n) is 8.88. The summed E-state index contributed by atoms with van der Waals surface area (Å²) in [6.45, 7) is 3.04. The second kappa shape index (κ2) is 7.63. The highest BCUT2D eigenvalue weighted by molar-refractivity contribution is 14.1. The van der Waals surface area contributed by atoms with Gasteiger partial charge in [0.2, 0.25) is 0 Å². The lowest BCUT2D eigenvalue weighted by Gasteiger charge is -2.15. The normalized spacial score (nSPS) is 12.7. The van der Waals surface area contributed by atoms with Gasteiger partial charge < -0.3 is 4.74 Å². The Hall–Kier alpha value is 0.390. The average Bonchev–Trinajstić information content (AvgIpc) is 2.26. The fraction of sp³-hybridized carbons (Fsp3) is 0.500. The monoisotopic (exact) mass is 382 g/mol. The molecule has 0 heterocycles. The van der Waals surface area contributed by atoms with E-state index in [2.05, 4.69) is 69.7 Å². The van der Waals surface area contributed by atoms with E-state index in [1.165, 1.54) is 12.0 Å². The number of halogens is 2. The Morgan fingerprint density at radius 1 is 1.33 bits per heavy atom. The molecule has 0 aliphatic carbocycles. The Bertz CT molecular complexity index is 273. The molecule has 0 spiro atoms. The van der Waals surface area contributed by atoms with Crippen LogP contribution >= 0.6 is 38.5 Å². The Kier molecular flexibility index (Phi) is 6.84. The standard InChI is InChI=1S/C12H16BrIO/c1-2-3-8-15-12(9-14)10-4-6-11(13)7-5-10/h4-7,12H,2-3,8-9H2,1H3. The zero-order chi connectivity index (χ0) is 11.1. The van der Waals surface area contributed by atoms with Crippen LogP contribution in [0, 0.1) is 0 Å². The van der Waals surface area contributed by atoms with E-state index in [-0.39, 0.29) is 6.10 Å². The molecule has 0 fully saturated rings. The third-order valence-electron chi connectivity index (χ3n) is 2.20. The molecular formula is C12H16BrIO. The molecule has 0 saturated carbocycles. The Morgan fingerprint density at radius 2 is 2.00 bits per heavy atom. The molecule has 0 aliphatic rings. The van der Waals surface area contributed by atoms with Crippen LogP contribution < -0.4 is 0 Å². The molecule has 0 amide bonds. The van der Waals surface area contributed by atoms with E-state index in [4.69, 9.17) is 4.74 Å². The van der Waals surface area contributed by atoms with Crippen molar-refractivity contribution in [1.29, 1.82) is 0 Å². The van der Waals surface area contributed by atoms with Crippen molar-refractivity contribution < 1.29 is 4.74 Å². The fourth-order valence-corrected chi connectivity index (χ4v) is 2.30. The lowest BCUT2D eigenvalue weighted by molar-refractivity contribution is 0.0688. The van der Waals surface area contributed by atoms with Gasteiger partial charge in [-0.3, -0.25) is 0 Å². The van der Waals surface area contributed by atoms with Crippen molar-refractivity contribution in [3.63, 3.8) is 0 Å². The predicted octanol–water partition coefficient (Wildman–Crippen LogP) is 4.74. The molecule has 3 heteroatoms. The first-order chi connectivity index (χ1) is 7.27. The first-order valence-electron chi connectivity index (χ1n) is 5.21. The molecule has 84 valence electrons. The quantitative estimate of drug-likeness (QED) is 0.392. The molecule has 0 aliphatic heterocycles. The van der Waals surface area contributed by atoms with Crippen molar-refractivity contribution >= 4 is 38.5 Å². The summed E-state index contributed by atoms with van der Waals surface area (Å²) >= 11 is 5.81. The molecule has 0 saturated heterocycles. The maximum absolute atomic E-state index is 5.83. The van der Waals surface area contributed by atoms with E-state index in [1.54, 1.807) is 0 Å². The fourth-order valence-electron chi connectivity index (χ4n) is 1.28. The van der Waals surface area contributed by atoms with Crippen molar-refractivity contribution in [2.75, 3.05) is 11.0 Å². The second-order valence-electron chi connectivity index (χ2n) is 3.42. The van der Waals surface area contributed by atoms with E-state index in [0.717, 1.165) is 21.9 Å². The number of hydrogen-bond acceptors (Lipinski definition) is 1. The molecular weight excluding hydrogens is 367 g/mol. The molecule has 1 atom stereocenters. The first kappa shape index (κ1) is 13.5. The van der Waals surface area contributed by atoms with Crippen molar-refractivity contribution in [2.24, 2.45) is 0 Å². The van der Waals surface area contributed by atoms with Crippen molar-refractivity contribution in [1.82, 2.24) is 0 Å². The van der Waals surface area contributed by atoms with Gasteiger partial charge in [0.15, 0.2) is 0 Å². The van der Waals surface area contributed by atoms with E-state index in [9.17, 15) is 0 Å². The molecule has 1 aromatic rings. The smallest absolute Gasteiger partial charge is 0.0914 e. The first-order valence-corrected chi connectivity index (χ1v) is 7.52. The number of benzene rings is 1. The van der Waals surface area contributed by atoms with Gasteiger partial charge in [-0.05, 0) is 24.1 Å². The van der Waals surface area contributed by atoms with E-state index >= 15 is 0 Å². The third-order valence-corrected chi connectivity index (χ3v) is 3.53. The van der Waals surface area contributed by atoms with Gasteiger partial charge in [0, 0.05) is 15.5 Å². The predicted molar refractivity (Wildman–Crippen MR) is 76.6 cm³/mol. The number of hydrogen-bond donors (Lipinski definition) is 0. The molecule has 1 aromatic carbocycles. The third kappa shape index (κ3) is 4.83. The summed E-state index contributed by atoms with van der Waals surface area (Å²) in [7, 11) is 0. The molecule has 0 radical (unpaired) electrons. The summed E-state index contributed by atoms with van der Waals surface area (Å²) in [5.74, 6) is 0. The number of unbranched alkanes of at least 4 members (excludes halogenated alkanes) is 1. The van der Waals surface area contributed by atoms with Gasteiger partial charge in [-0.15, -0.1) is 0 Å². The second-order valence-corrected chi connectivity index (χ2v) is 5.22. The molecule has 15 heavy (non-hydrogen) atoms. The van der Waals surface area contributed by atoms with Gasteiger partial charge in [0.05, 0.1) is 6.10 Å². The minimum absolute atomic E-state index is 0.241.